The number of para-hydroxylation sites is 2. The Kier molecular flexibility index (Phi) is 6.91. The molecule has 3 N–H and O–H groups in total. The lowest BCUT2D eigenvalue weighted by Gasteiger charge is -2.13. The number of aromatic nitrogens is 2. The van der Waals surface area contributed by atoms with E-state index >= 15 is 0 Å². The van der Waals surface area contributed by atoms with Crippen molar-refractivity contribution in [3.63, 3.8) is 0 Å². The zero-order valence-electron chi connectivity index (χ0n) is 16.6. The second kappa shape index (κ2) is 9.79. The van der Waals surface area contributed by atoms with E-state index in [1.165, 1.54) is 39.1 Å². The highest BCUT2D eigenvalue weighted by molar-refractivity contribution is 7.99. The minimum absolute atomic E-state index is 0.179. The molecule has 0 atom stereocenters. The number of amides is 1. The summed E-state index contributed by atoms with van der Waals surface area (Å²) in [6.45, 7) is 1.29. The molecule has 1 heterocycles. The van der Waals surface area contributed by atoms with E-state index in [0.29, 0.717) is 17.1 Å². The number of ether oxygens (including phenoxy) is 3. The van der Waals surface area contributed by atoms with Gasteiger partial charge < -0.3 is 14.2 Å². The summed E-state index contributed by atoms with van der Waals surface area (Å²) in [6.07, 6.45) is 1.44. The molecule has 0 saturated carbocycles. The van der Waals surface area contributed by atoms with E-state index in [1.54, 1.807) is 12.1 Å². The first-order valence-corrected chi connectivity index (χ1v) is 9.88. The van der Waals surface area contributed by atoms with Crippen molar-refractivity contribution in [2.24, 2.45) is 5.10 Å². The van der Waals surface area contributed by atoms with E-state index in [2.05, 4.69) is 20.5 Å². The molecule has 0 aliphatic carbocycles. The number of H-pyrrole nitrogens is 2. The number of hydrogen-bond acceptors (Lipinski definition) is 7. The van der Waals surface area contributed by atoms with Crippen LogP contribution >= 0.6 is 11.8 Å². The van der Waals surface area contributed by atoms with Crippen LogP contribution in [0.1, 0.15) is 12.5 Å². The van der Waals surface area contributed by atoms with E-state index < -0.39 is 5.97 Å². The normalized spacial score (nSPS) is 10.9. The number of methoxy groups -OCH3 is 2. The van der Waals surface area contributed by atoms with Gasteiger partial charge in [0.2, 0.25) is 5.75 Å². The largest absolute Gasteiger partial charge is 0.493 e. The summed E-state index contributed by atoms with van der Waals surface area (Å²) >= 11 is 1.33. The van der Waals surface area contributed by atoms with Crippen LogP contribution in [0.25, 0.3) is 11.0 Å². The Morgan fingerprint density at radius 1 is 1.20 bits per heavy atom. The lowest BCUT2D eigenvalue weighted by Crippen LogP contribution is -2.20. The number of aromatic amines is 2. The molecule has 1 aromatic heterocycles. The van der Waals surface area contributed by atoms with Gasteiger partial charge in [-0.2, -0.15) is 5.10 Å². The fourth-order valence-electron chi connectivity index (χ4n) is 2.62. The van der Waals surface area contributed by atoms with E-state index in [4.69, 9.17) is 14.2 Å². The van der Waals surface area contributed by atoms with Gasteiger partial charge in [0.15, 0.2) is 22.5 Å². The third kappa shape index (κ3) is 5.29. The molecule has 0 fully saturated rings. The Labute approximate surface area is 176 Å². The highest BCUT2D eigenvalue weighted by Gasteiger charge is 2.16. The fourth-order valence-corrected chi connectivity index (χ4v) is 3.32. The van der Waals surface area contributed by atoms with Gasteiger partial charge in [0.25, 0.3) is 5.91 Å². The van der Waals surface area contributed by atoms with Gasteiger partial charge in [-0.3, -0.25) is 9.59 Å². The zero-order chi connectivity index (χ0) is 21.5. The van der Waals surface area contributed by atoms with E-state index in [-0.39, 0.29) is 17.4 Å². The van der Waals surface area contributed by atoms with Crippen molar-refractivity contribution in [3.8, 4) is 17.2 Å². The number of fused-ring (bicyclic) bond motifs is 1. The van der Waals surface area contributed by atoms with Gasteiger partial charge in [-0.25, -0.2) is 15.4 Å². The number of thioether (sulfide) groups is 1. The van der Waals surface area contributed by atoms with Gasteiger partial charge >= 0.3 is 11.1 Å². The quantitative estimate of drug-likeness (QED) is 0.186. The third-order valence-electron chi connectivity index (χ3n) is 3.90. The molecule has 0 saturated heterocycles. The molecule has 10 heteroatoms. The fraction of sp³-hybridized carbons (Fsp3) is 0.200. The first-order valence-electron chi connectivity index (χ1n) is 8.89. The molecule has 3 rings (SSSR count). The lowest BCUT2D eigenvalue weighted by atomic mass is 10.2. The van der Waals surface area contributed by atoms with Gasteiger partial charge in [-0.05, 0) is 36.0 Å². The Bertz CT molecular complexity index is 1040. The second-order valence-electron chi connectivity index (χ2n) is 6.05. The van der Waals surface area contributed by atoms with Crippen LogP contribution < -0.4 is 24.6 Å². The number of carbonyl (C=O) groups is 2. The Morgan fingerprint density at radius 3 is 2.53 bits per heavy atom. The molecule has 1 amide bonds. The summed E-state index contributed by atoms with van der Waals surface area (Å²) in [5, 5.41) is 4.74. The highest BCUT2D eigenvalue weighted by atomic mass is 32.2. The number of hydrazone groups is 1. The molecular formula is C20H21N4O5S+. The Balaban J connectivity index is 1.61. The molecule has 0 radical (unpaired) electrons. The van der Waals surface area contributed by atoms with Crippen LogP contribution in [0.3, 0.4) is 0 Å². The summed E-state index contributed by atoms with van der Waals surface area (Å²) in [5.41, 5.74) is 5.01. The smallest absolute Gasteiger partial charge is 0.315 e. The molecule has 156 valence electrons. The van der Waals surface area contributed by atoms with Crippen LogP contribution in [-0.4, -0.2) is 43.0 Å². The maximum Gasteiger partial charge on any atom is 0.315 e. The van der Waals surface area contributed by atoms with Crippen LogP contribution in [0.5, 0.6) is 17.2 Å². The maximum absolute atomic E-state index is 12.1. The number of carbonyl (C=O) groups excluding carboxylic acids is 2. The van der Waals surface area contributed by atoms with Crippen molar-refractivity contribution in [2.75, 3.05) is 20.0 Å². The van der Waals surface area contributed by atoms with Crippen molar-refractivity contribution in [2.45, 2.75) is 12.1 Å². The molecule has 0 aliphatic rings. The molecule has 0 aliphatic heterocycles. The number of rotatable bonds is 8. The van der Waals surface area contributed by atoms with Crippen LogP contribution in [0.15, 0.2) is 46.7 Å². The Morgan fingerprint density at radius 2 is 1.90 bits per heavy atom. The first-order chi connectivity index (χ1) is 14.5. The molecular weight excluding hydrogens is 408 g/mol. The van der Waals surface area contributed by atoms with Crippen molar-refractivity contribution >= 4 is 40.9 Å². The molecule has 3 aromatic rings. The van der Waals surface area contributed by atoms with Crippen LogP contribution in [0.2, 0.25) is 0 Å². The van der Waals surface area contributed by atoms with E-state index in [1.807, 2.05) is 24.3 Å². The number of hydrogen-bond donors (Lipinski definition) is 2. The SMILES string of the molecule is COc1cc(C=NNC(=O)CSc2[nH]c3ccccc3[nH+]2)cc(OC)c1OC(C)=O. The van der Waals surface area contributed by atoms with Gasteiger partial charge in [0, 0.05) is 12.5 Å². The average Bonchev–Trinajstić information content (AvgIpc) is 3.15. The van der Waals surface area contributed by atoms with E-state index in [9.17, 15) is 9.59 Å². The summed E-state index contributed by atoms with van der Waals surface area (Å²) in [7, 11) is 2.89. The van der Waals surface area contributed by atoms with Crippen molar-refractivity contribution < 1.29 is 28.8 Å². The summed E-state index contributed by atoms with van der Waals surface area (Å²) < 4.78 is 15.6. The van der Waals surface area contributed by atoms with Gasteiger partial charge in [0.1, 0.15) is 0 Å². The van der Waals surface area contributed by atoms with Crippen LogP contribution in [-0.2, 0) is 9.59 Å². The van der Waals surface area contributed by atoms with Gasteiger partial charge in [0.05, 0.1) is 26.2 Å². The molecule has 9 nitrogen and oxygen atoms in total. The first kappa shape index (κ1) is 21.2. The van der Waals surface area contributed by atoms with E-state index in [0.717, 1.165) is 16.2 Å². The molecule has 0 bridgehead atoms. The average molecular weight is 429 g/mol. The standard InChI is InChI=1S/C20H20N4O5S/c1-12(25)29-19-16(27-2)8-13(9-17(19)28-3)10-21-24-18(26)11-30-20-22-14-6-4-5-7-15(14)23-20/h4-10H,11H2,1-3H3,(H,22,23)(H,24,26)/p+1. The van der Waals surface area contributed by atoms with Crippen LogP contribution in [0, 0.1) is 0 Å². The summed E-state index contributed by atoms with van der Waals surface area (Å²) in [5.74, 6) is 0.214. The number of nitrogens with zero attached hydrogens (tertiary/aromatic N) is 1. The number of benzene rings is 2. The van der Waals surface area contributed by atoms with Gasteiger partial charge in [-0.15, -0.1) is 0 Å². The third-order valence-corrected chi connectivity index (χ3v) is 4.80. The highest BCUT2D eigenvalue weighted by Crippen LogP contribution is 2.38. The van der Waals surface area contributed by atoms with Crippen molar-refractivity contribution in [1.29, 1.82) is 0 Å². The Hall–Kier alpha value is -3.53. The van der Waals surface area contributed by atoms with Crippen molar-refractivity contribution in [3.05, 3.63) is 42.0 Å². The zero-order valence-corrected chi connectivity index (χ0v) is 17.5. The minimum atomic E-state index is -0.495. The minimum Gasteiger partial charge on any atom is -0.493 e. The number of esters is 1. The van der Waals surface area contributed by atoms with Gasteiger partial charge in [-0.1, -0.05) is 12.1 Å². The molecule has 2 aromatic carbocycles. The predicted octanol–water partition coefficient (Wildman–Crippen LogP) is 2.17. The monoisotopic (exact) mass is 429 g/mol. The van der Waals surface area contributed by atoms with Crippen molar-refractivity contribution in [1.82, 2.24) is 10.4 Å². The molecule has 0 spiro atoms. The van der Waals surface area contributed by atoms with Crippen LogP contribution in [0.4, 0.5) is 0 Å². The molecule has 0 unspecified atom stereocenters. The topological polar surface area (TPSA) is 116 Å². The maximum atomic E-state index is 12.1. The summed E-state index contributed by atoms with van der Waals surface area (Å²) in [6, 6.07) is 11.0. The predicted molar refractivity (Wildman–Crippen MR) is 112 cm³/mol. The number of nitrogens with one attached hydrogen (secondary N) is 3. The molecule has 30 heavy (non-hydrogen) atoms. The second-order valence-corrected chi connectivity index (χ2v) is 7.04. The lowest BCUT2D eigenvalue weighted by molar-refractivity contribution is -0.396. The number of imidazole rings is 1. The summed E-state index contributed by atoms with van der Waals surface area (Å²) in [4.78, 5) is 29.8.